The molecule has 0 aromatic heterocycles. The first-order valence-corrected chi connectivity index (χ1v) is 6.83. The molecule has 0 bridgehead atoms. The van der Waals surface area contributed by atoms with E-state index in [4.69, 9.17) is 10.5 Å². The number of nitrogens with zero attached hydrogens (tertiary/aromatic N) is 4. The van der Waals surface area contributed by atoms with Gasteiger partial charge in [-0.05, 0) is 12.8 Å². The minimum atomic E-state index is -0.447. The van der Waals surface area contributed by atoms with Crippen LogP contribution in [0.15, 0.2) is 10.2 Å². The predicted molar refractivity (Wildman–Crippen MR) is 75.3 cm³/mol. The van der Waals surface area contributed by atoms with E-state index in [-0.39, 0.29) is 12.8 Å². The molecular weight excluding hydrogens is 288 g/mol. The van der Waals surface area contributed by atoms with Crippen LogP contribution in [-0.4, -0.2) is 39.2 Å². The fourth-order valence-electron chi connectivity index (χ4n) is 1.56. The highest BCUT2D eigenvalue weighted by Gasteiger charge is 2.14. The quantitative estimate of drug-likeness (QED) is 0.446. The second kappa shape index (κ2) is 12.3. The Labute approximate surface area is 129 Å². The standard InChI is InChI=1S/C14H20N4O4/c1-21-13(19)7-11(9-15)3-5-17-18-6-4-12(10-16)8-14(20)22-2/h11-12H,3-8H2,1-2H3. The molecule has 0 radical (unpaired) electrons. The fourth-order valence-corrected chi connectivity index (χ4v) is 1.56. The van der Waals surface area contributed by atoms with E-state index in [0.29, 0.717) is 25.9 Å². The number of carbonyl (C=O) groups is 2. The number of hydrogen-bond donors (Lipinski definition) is 0. The molecule has 0 rings (SSSR count). The lowest BCUT2D eigenvalue weighted by molar-refractivity contribution is -0.142. The van der Waals surface area contributed by atoms with E-state index in [1.54, 1.807) is 0 Å². The summed E-state index contributed by atoms with van der Waals surface area (Å²) in [6, 6.07) is 4.03. The van der Waals surface area contributed by atoms with Gasteiger partial charge in [-0.25, -0.2) is 0 Å². The zero-order chi connectivity index (χ0) is 16.8. The van der Waals surface area contributed by atoms with Gasteiger partial charge in [0.2, 0.25) is 0 Å². The van der Waals surface area contributed by atoms with Gasteiger partial charge in [-0.15, -0.1) is 0 Å². The van der Waals surface area contributed by atoms with Crippen LogP contribution in [-0.2, 0) is 19.1 Å². The van der Waals surface area contributed by atoms with Gasteiger partial charge in [0.25, 0.3) is 0 Å². The molecule has 22 heavy (non-hydrogen) atoms. The molecular formula is C14H20N4O4. The molecule has 0 aliphatic heterocycles. The van der Waals surface area contributed by atoms with Crippen LogP contribution in [0, 0.1) is 34.5 Å². The Bertz CT molecular complexity index is 422. The Morgan fingerprint density at radius 2 is 1.27 bits per heavy atom. The van der Waals surface area contributed by atoms with E-state index in [9.17, 15) is 9.59 Å². The van der Waals surface area contributed by atoms with E-state index < -0.39 is 23.8 Å². The zero-order valence-corrected chi connectivity index (χ0v) is 12.8. The Morgan fingerprint density at radius 1 is 0.909 bits per heavy atom. The van der Waals surface area contributed by atoms with Crippen molar-refractivity contribution in [3.05, 3.63) is 0 Å². The van der Waals surface area contributed by atoms with Crippen LogP contribution in [0.1, 0.15) is 25.7 Å². The average Bonchev–Trinajstić information content (AvgIpc) is 2.54. The van der Waals surface area contributed by atoms with Crippen molar-refractivity contribution in [2.45, 2.75) is 25.7 Å². The molecule has 0 heterocycles. The molecule has 0 amide bonds. The molecule has 2 atom stereocenters. The topological polar surface area (TPSA) is 125 Å². The summed E-state index contributed by atoms with van der Waals surface area (Å²) in [5.74, 6) is -1.75. The van der Waals surface area contributed by atoms with Gasteiger partial charge in [0.15, 0.2) is 0 Å². The lowest BCUT2D eigenvalue weighted by atomic mass is 10.0. The van der Waals surface area contributed by atoms with Crippen molar-refractivity contribution < 1.29 is 19.1 Å². The van der Waals surface area contributed by atoms with Crippen molar-refractivity contribution in [2.24, 2.45) is 22.1 Å². The summed E-state index contributed by atoms with van der Waals surface area (Å²) >= 11 is 0. The van der Waals surface area contributed by atoms with Crippen molar-refractivity contribution in [1.82, 2.24) is 0 Å². The van der Waals surface area contributed by atoms with Gasteiger partial charge in [0, 0.05) is 0 Å². The molecule has 0 saturated heterocycles. The maximum atomic E-state index is 11.0. The third kappa shape index (κ3) is 9.43. The second-order valence-electron chi connectivity index (χ2n) is 4.52. The highest BCUT2D eigenvalue weighted by molar-refractivity contribution is 5.70. The summed E-state index contributed by atoms with van der Waals surface area (Å²) in [5.41, 5.74) is 0. The number of azo groups is 1. The van der Waals surface area contributed by atoms with E-state index in [0.717, 1.165) is 0 Å². The maximum absolute atomic E-state index is 11.0. The number of carbonyl (C=O) groups excluding carboxylic acids is 2. The summed E-state index contributed by atoms with van der Waals surface area (Å²) in [6.07, 6.45) is 0.911. The number of rotatable bonds is 10. The van der Waals surface area contributed by atoms with Crippen molar-refractivity contribution in [3.63, 3.8) is 0 Å². The fraction of sp³-hybridized carbons (Fsp3) is 0.714. The van der Waals surface area contributed by atoms with Gasteiger partial charge in [-0.2, -0.15) is 20.8 Å². The zero-order valence-electron chi connectivity index (χ0n) is 12.8. The second-order valence-corrected chi connectivity index (χ2v) is 4.52. The smallest absolute Gasteiger partial charge is 0.306 e. The summed E-state index contributed by atoms with van der Waals surface area (Å²) in [4.78, 5) is 22.1. The van der Waals surface area contributed by atoms with Crippen molar-refractivity contribution in [1.29, 1.82) is 10.5 Å². The minimum Gasteiger partial charge on any atom is -0.469 e. The monoisotopic (exact) mass is 308 g/mol. The highest BCUT2D eigenvalue weighted by Crippen LogP contribution is 2.10. The molecule has 0 aliphatic rings. The Balaban J connectivity index is 3.95. The van der Waals surface area contributed by atoms with E-state index >= 15 is 0 Å². The Kier molecular flexibility index (Phi) is 10.9. The molecule has 0 N–H and O–H groups in total. The predicted octanol–water partition coefficient (Wildman–Crippen LogP) is 1.62. The summed E-state index contributed by atoms with van der Waals surface area (Å²) in [6.45, 7) is 0.646. The van der Waals surface area contributed by atoms with Gasteiger partial charge in [-0.3, -0.25) is 9.59 Å². The SMILES string of the molecule is COC(=O)CC(C#N)CCN=NCCC(C#N)CC(=O)OC. The first-order valence-electron chi connectivity index (χ1n) is 6.83. The Hall–Kier alpha value is -2.48. The lowest BCUT2D eigenvalue weighted by Crippen LogP contribution is -2.10. The first-order chi connectivity index (χ1) is 10.6. The van der Waals surface area contributed by atoms with Crippen molar-refractivity contribution in [3.8, 4) is 12.1 Å². The molecule has 0 aliphatic carbocycles. The normalized spacial score (nSPS) is 12.9. The van der Waals surface area contributed by atoms with Crippen LogP contribution < -0.4 is 0 Å². The molecule has 0 spiro atoms. The number of hydrogen-bond acceptors (Lipinski definition) is 8. The molecule has 0 aromatic rings. The number of ether oxygens (including phenoxy) is 2. The van der Waals surface area contributed by atoms with E-state index in [2.05, 4.69) is 19.7 Å². The lowest BCUT2D eigenvalue weighted by Gasteiger charge is -2.05. The van der Waals surface area contributed by atoms with Crippen LogP contribution in [0.5, 0.6) is 0 Å². The summed E-state index contributed by atoms with van der Waals surface area (Å²) in [7, 11) is 2.55. The van der Waals surface area contributed by atoms with Gasteiger partial charge in [0.05, 0.1) is 64.1 Å². The summed E-state index contributed by atoms with van der Waals surface area (Å²) < 4.78 is 8.99. The van der Waals surface area contributed by atoms with Crippen molar-refractivity contribution >= 4 is 11.9 Å². The van der Waals surface area contributed by atoms with Gasteiger partial charge >= 0.3 is 11.9 Å². The van der Waals surface area contributed by atoms with Crippen LogP contribution in [0.2, 0.25) is 0 Å². The Morgan fingerprint density at radius 3 is 1.55 bits per heavy atom. The molecule has 120 valence electrons. The van der Waals surface area contributed by atoms with Crippen LogP contribution >= 0.6 is 0 Å². The number of methoxy groups -OCH3 is 2. The summed E-state index contributed by atoms with van der Waals surface area (Å²) in [5, 5.41) is 25.5. The third-order valence-corrected chi connectivity index (χ3v) is 2.90. The largest absolute Gasteiger partial charge is 0.469 e. The maximum Gasteiger partial charge on any atom is 0.306 e. The number of esters is 2. The highest BCUT2D eigenvalue weighted by atomic mass is 16.5. The van der Waals surface area contributed by atoms with Crippen LogP contribution in [0.4, 0.5) is 0 Å². The molecule has 8 heteroatoms. The van der Waals surface area contributed by atoms with Gasteiger partial charge in [0.1, 0.15) is 0 Å². The third-order valence-electron chi connectivity index (χ3n) is 2.90. The molecule has 0 fully saturated rings. The molecule has 2 unspecified atom stereocenters. The van der Waals surface area contributed by atoms with E-state index in [1.165, 1.54) is 14.2 Å². The number of nitriles is 2. The van der Waals surface area contributed by atoms with Crippen molar-refractivity contribution in [2.75, 3.05) is 27.3 Å². The van der Waals surface area contributed by atoms with Crippen LogP contribution in [0.25, 0.3) is 0 Å². The molecule has 8 nitrogen and oxygen atoms in total. The van der Waals surface area contributed by atoms with Gasteiger partial charge < -0.3 is 9.47 Å². The minimum absolute atomic E-state index is 0.0398. The molecule has 0 saturated carbocycles. The van der Waals surface area contributed by atoms with Crippen LogP contribution in [0.3, 0.4) is 0 Å². The van der Waals surface area contributed by atoms with E-state index in [1.807, 2.05) is 12.1 Å². The van der Waals surface area contributed by atoms with Gasteiger partial charge in [-0.1, -0.05) is 0 Å². The molecule has 0 aromatic carbocycles. The first kappa shape index (κ1) is 19.5. The average molecular weight is 308 g/mol.